The van der Waals surface area contributed by atoms with Crippen molar-refractivity contribution in [1.82, 2.24) is 9.38 Å². The van der Waals surface area contributed by atoms with Gasteiger partial charge in [-0.25, -0.2) is 9.38 Å². The zero-order valence-electron chi connectivity index (χ0n) is 12.6. The van der Waals surface area contributed by atoms with Gasteiger partial charge in [-0.2, -0.15) is 0 Å². The van der Waals surface area contributed by atoms with Crippen LogP contribution in [0.1, 0.15) is 5.56 Å². The summed E-state index contributed by atoms with van der Waals surface area (Å²) in [5, 5.41) is 2.22. The molecule has 0 unspecified atom stereocenters. The largest absolute Gasteiger partial charge is 0.274 e. The van der Waals surface area contributed by atoms with Crippen LogP contribution in [-0.4, -0.2) is 9.38 Å². The van der Waals surface area contributed by atoms with Gasteiger partial charge in [0, 0.05) is 5.39 Å². The molecular weight excluding hydrogens is 316 g/mol. The monoisotopic (exact) mass is 328 g/mol. The van der Waals surface area contributed by atoms with E-state index in [1.54, 1.807) is 4.40 Å². The first-order valence-corrected chi connectivity index (χ1v) is 8.52. The fourth-order valence-corrected chi connectivity index (χ4v) is 4.08. The van der Waals surface area contributed by atoms with Crippen molar-refractivity contribution in [2.45, 2.75) is 0 Å². The third-order valence-electron chi connectivity index (χ3n) is 4.23. The molecule has 0 bridgehead atoms. The average Bonchev–Trinajstić information content (AvgIpc) is 3.13. The van der Waals surface area contributed by atoms with E-state index in [1.807, 2.05) is 60.7 Å². The van der Waals surface area contributed by atoms with Crippen molar-refractivity contribution in [3.8, 4) is 0 Å². The van der Waals surface area contributed by atoms with Gasteiger partial charge in [0.2, 0.25) is 0 Å². The lowest BCUT2D eigenvalue weighted by molar-refractivity contribution is 1.19. The normalized spacial score (nSPS) is 12.6. The van der Waals surface area contributed by atoms with Crippen molar-refractivity contribution >= 4 is 44.2 Å². The molecule has 0 saturated carbocycles. The van der Waals surface area contributed by atoms with Gasteiger partial charge in [-0.3, -0.25) is 4.79 Å². The zero-order chi connectivity index (χ0) is 16.1. The second-order valence-corrected chi connectivity index (χ2v) is 6.72. The van der Waals surface area contributed by atoms with Gasteiger partial charge < -0.3 is 0 Å². The number of thiazole rings is 1. The van der Waals surface area contributed by atoms with Crippen molar-refractivity contribution in [3.05, 3.63) is 87.2 Å². The number of rotatable bonds is 1. The van der Waals surface area contributed by atoms with Gasteiger partial charge in [-0.1, -0.05) is 72.0 Å². The number of nitrogens with zero attached hydrogens (tertiary/aromatic N) is 2. The third-order valence-corrected chi connectivity index (χ3v) is 5.20. The van der Waals surface area contributed by atoms with Gasteiger partial charge in [-0.05, 0) is 23.1 Å². The lowest BCUT2D eigenvalue weighted by Gasteiger charge is -1.97. The summed E-state index contributed by atoms with van der Waals surface area (Å²) in [4.78, 5) is 18.3. The van der Waals surface area contributed by atoms with E-state index in [0.717, 1.165) is 32.3 Å². The molecule has 0 radical (unpaired) electrons. The molecule has 4 heteroatoms. The molecule has 24 heavy (non-hydrogen) atoms. The molecule has 0 spiro atoms. The van der Waals surface area contributed by atoms with Crippen molar-refractivity contribution in [2.75, 3.05) is 0 Å². The third kappa shape index (κ3) is 1.90. The number of benzene rings is 3. The first-order valence-electron chi connectivity index (χ1n) is 7.71. The Bertz CT molecular complexity index is 1320. The molecular formula is C20H12N2OS. The Kier molecular flexibility index (Phi) is 2.81. The van der Waals surface area contributed by atoms with Gasteiger partial charge in [0.15, 0.2) is 4.96 Å². The van der Waals surface area contributed by atoms with Crippen molar-refractivity contribution in [3.63, 3.8) is 0 Å². The van der Waals surface area contributed by atoms with E-state index < -0.39 is 0 Å². The molecule has 3 nitrogen and oxygen atoms in total. The fraction of sp³-hybridized carbons (Fsp3) is 0. The summed E-state index contributed by atoms with van der Waals surface area (Å²) in [5.74, 6) is 0. The predicted octanol–water partition coefficient (Wildman–Crippen LogP) is 3.61. The van der Waals surface area contributed by atoms with Crippen LogP contribution in [0, 0.1) is 0 Å². The quantitative estimate of drug-likeness (QED) is 0.471. The van der Waals surface area contributed by atoms with E-state index in [0.29, 0.717) is 4.53 Å². The minimum atomic E-state index is -0.00312. The predicted molar refractivity (Wildman–Crippen MR) is 99.6 cm³/mol. The molecule has 0 fully saturated rings. The minimum Gasteiger partial charge on any atom is -0.267 e. The van der Waals surface area contributed by atoms with E-state index >= 15 is 0 Å². The van der Waals surface area contributed by atoms with Gasteiger partial charge in [-0.15, -0.1) is 0 Å². The summed E-state index contributed by atoms with van der Waals surface area (Å²) < 4.78 is 2.43. The average molecular weight is 328 g/mol. The molecule has 0 saturated heterocycles. The van der Waals surface area contributed by atoms with Crippen LogP contribution in [0.4, 0.5) is 0 Å². The minimum absolute atomic E-state index is 0.00312. The highest BCUT2D eigenvalue weighted by Crippen LogP contribution is 2.25. The van der Waals surface area contributed by atoms with Crippen molar-refractivity contribution in [2.24, 2.45) is 0 Å². The molecule has 3 aromatic carbocycles. The molecule has 2 aromatic heterocycles. The Hall–Kier alpha value is -2.98. The molecule has 5 aromatic rings. The van der Waals surface area contributed by atoms with Gasteiger partial charge >= 0.3 is 0 Å². The first-order chi connectivity index (χ1) is 11.8. The second-order valence-electron chi connectivity index (χ2n) is 5.71. The number of aromatic nitrogens is 2. The van der Waals surface area contributed by atoms with E-state index in [2.05, 4.69) is 12.1 Å². The highest BCUT2D eigenvalue weighted by molar-refractivity contribution is 7.15. The smallest absolute Gasteiger partial charge is 0.267 e. The first kappa shape index (κ1) is 13.5. The van der Waals surface area contributed by atoms with E-state index in [1.165, 1.54) is 11.3 Å². The molecule has 0 amide bonds. The summed E-state index contributed by atoms with van der Waals surface area (Å²) in [6.45, 7) is 0. The lowest BCUT2D eigenvalue weighted by atomic mass is 10.1. The van der Waals surface area contributed by atoms with Gasteiger partial charge in [0.25, 0.3) is 5.56 Å². The van der Waals surface area contributed by atoms with Crippen molar-refractivity contribution < 1.29 is 0 Å². The molecule has 5 rings (SSSR count). The van der Waals surface area contributed by atoms with Crippen LogP contribution in [0.3, 0.4) is 0 Å². The Morgan fingerprint density at radius 1 is 0.917 bits per heavy atom. The molecule has 0 aliphatic carbocycles. The van der Waals surface area contributed by atoms with Crippen LogP contribution in [0.5, 0.6) is 0 Å². The summed E-state index contributed by atoms with van der Waals surface area (Å²) >= 11 is 1.44. The molecule has 0 aliphatic heterocycles. The van der Waals surface area contributed by atoms with Crippen LogP contribution >= 0.6 is 11.3 Å². The molecule has 0 aliphatic rings. The summed E-state index contributed by atoms with van der Waals surface area (Å²) in [6, 6.07) is 22.1. The Morgan fingerprint density at radius 2 is 1.71 bits per heavy atom. The molecule has 0 atom stereocenters. The highest BCUT2D eigenvalue weighted by Gasteiger charge is 2.13. The van der Waals surface area contributed by atoms with Crippen LogP contribution < -0.4 is 10.1 Å². The Balaban J connectivity index is 1.86. The zero-order valence-corrected chi connectivity index (χ0v) is 13.5. The van der Waals surface area contributed by atoms with Gasteiger partial charge in [0.05, 0.1) is 15.6 Å². The fourth-order valence-electron chi connectivity index (χ4n) is 3.10. The summed E-state index contributed by atoms with van der Waals surface area (Å²) in [7, 11) is 0. The van der Waals surface area contributed by atoms with Gasteiger partial charge in [0.1, 0.15) is 0 Å². The van der Waals surface area contributed by atoms with E-state index in [4.69, 9.17) is 4.98 Å². The second kappa shape index (κ2) is 5.01. The van der Waals surface area contributed by atoms with Crippen LogP contribution in [0.25, 0.3) is 32.8 Å². The SMILES string of the molecule is O=c1c(=Cc2ccccc2)sc2nc3c4ccccc4ccc3n12. The standard InChI is InChI=1S/C20H12N2OS/c23-19-17(12-13-6-2-1-3-7-13)24-20-21-18-15-9-5-4-8-14(15)10-11-16(18)22(19)20/h1-12H. The van der Waals surface area contributed by atoms with E-state index in [-0.39, 0.29) is 5.56 Å². The maximum Gasteiger partial charge on any atom is 0.274 e. The maximum atomic E-state index is 12.8. The Morgan fingerprint density at radius 3 is 2.58 bits per heavy atom. The van der Waals surface area contributed by atoms with Crippen molar-refractivity contribution in [1.29, 1.82) is 0 Å². The highest BCUT2D eigenvalue weighted by atomic mass is 32.1. The molecule has 114 valence electrons. The number of hydrogen-bond donors (Lipinski definition) is 0. The number of imidazole rings is 1. The maximum absolute atomic E-state index is 12.8. The summed E-state index contributed by atoms with van der Waals surface area (Å²) in [5.41, 5.74) is 2.78. The molecule has 2 heterocycles. The van der Waals surface area contributed by atoms with Crippen LogP contribution in [0.15, 0.2) is 71.5 Å². The number of fused-ring (bicyclic) bond motifs is 5. The Labute approximate surface area is 141 Å². The van der Waals surface area contributed by atoms with Crippen LogP contribution in [-0.2, 0) is 0 Å². The summed E-state index contributed by atoms with van der Waals surface area (Å²) in [6.07, 6.45) is 1.93. The molecule has 0 N–H and O–H groups in total. The lowest BCUT2D eigenvalue weighted by Crippen LogP contribution is -2.22. The topological polar surface area (TPSA) is 34.4 Å². The van der Waals surface area contributed by atoms with E-state index in [9.17, 15) is 4.79 Å². The van der Waals surface area contributed by atoms with Crippen LogP contribution in [0.2, 0.25) is 0 Å². The number of hydrogen-bond acceptors (Lipinski definition) is 3.